The van der Waals surface area contributed by atoms with Gasteiger partial charge < -0.3 is 10.3 Å². The number of anilines is 1. The predicted molar refractivity (Wildman–Crippen MR) is 100 cm³/mol. The Morgan fingerprint density at radius 3 is 2.58 bits per heavy atom. The van der Waals surface area contributed by atoms with Gasteiger partial charge in [0.2, 0.25) is 0 Å². The van der Waals surface area contributed by atoms with Crippen LogP contribution in [-0.4, -0.2) is 16.3 Å². The van der Waals surface area contributed by atoms with Gasteiger partial charge in [-0.1, -0.05) is 41.4 Å². The molecule has 4 rings (SSSR count). The van der Waals surface area contributed by atoms with Gasteiger partial charge >= 0.3 is 0 Å². The first kappa shape index (κ1) is 17.3. The summed E-state index contributed by atoms with van der Waals surface area (Å²) in [5, 5.41) is 3.74. The number of H-pyrrole nitrogens is 1. The molecular formula is C19H14Cl2F2N2O. The van der Waals surface area contributed by atoms with Crippen LogP contribution in [0, 0.1) is 11.6 Å². The lowest BCUT2D eigenvalue weighted by Gasteiger charge is -2.34. The minimum atomic E-state index is -0.923. The highest BCUT2D eigenvalue weighted by atomic mass is 35.5. The molecule has 0 radical (unpaired) electrons. The van der Waals surface area contributed by atoms with E-state index in [1.165, 1.54) is 0 Å². The van der Waals surface area contributed by atoms with Gasteiger partial charge in [0.05, 0.1) is 27.4 Å². The summed E-state index contributed by atoms with van der Waals surface area (Å²) in [6.07, 6.45) is 1.62. The van der Waals surface area contributed by atoms with E-state index in [1.54, 1.807) is 38.2 Å². The first-order valence-electron chi connectivity index (χ1n) is 7.99. The average molecular weight is 395 g/mol. The number of fused-ring (bicyclic) bond motifs is 2. The maximum Gasteiger partial charge on any atom is 0.170 e. The van der Waals surface area contributed by atoms with Crippen LogP contribution in [-0.2, 0) is 0 Å². The van der Waals surface area contributed by atoms with Gasteiger partial charge in [-0.15, -0.1) is 0 Å². The molecule has 0 saturated heterocycles. The molecule has 0 fully saturated rings. The summed E-state index contributed by atoms with van der Waals surface area (Å²) in [5.74, 6) is -2.26. The van der Waals surface area contributed by atoms with E-state index in [-0.39, 0.29) is 33.8 Å². The first-order valence-corrected chi connectivity index (χ1v) is 8.74. The molecule has 3 nitrogen and oxygen atoms in total. The Balaban J connectivity index is 2.07. The SMILES string of the molecule is CC1(C)CC(=O)c2c(F)c(-c3cccc4c(Cl)c[nH]c34)c(F)c(Cl)c2N1. The summed E-state index contributed by atoms with van der Waals surface area (Å²) in [6, 6.07) is 4.94. The number of halogens is 4. The zero-order valence-corrected chi connectivity index (χ0v) is 15.4. The van der Waals surface area contributed by atoms with Crippen molar-refractivity contribution in [1.82, 2.24) is 4.98 Å². The molecule has 2 aromatic carbocycles. The van der Waals surface area contributed by atoms with Gasteiger partial charge in [0.1, 0.15) is 10.8 Å². The second-order valence-electron chi connectivity index (χ2n) is 7.04. The Hall–Kier alpha value is -2.11. The Kier molecular flexibility index (Phi) is 3.79. The molecule has 0 saturated carbocycles. The summed E-state index contributed by atoms with van der Waals surface area (Å²) in [7, 11) is 0. The fourth-order valence-corrected chi connectivity index (χ4v) is 3.93. The lowest BCUT2D eigenvalue weighted by Crippen LogP contribution is -2.39. The third-order valence-corrected chi connectivity index (χ3v) is 5.27. The molecular weight excluding hydrogens is 381 g/mol. The number of hydrogen-bond donors (Lipinski definition) is 2. The van der Waals surface area contributed by atoms with Crippen LogP contribution in [0.3, 0.4) is 0 Å². The van der Waals surface area contributed by atoms with Crippen molar-refractivity contribution >= 4 is 45.6 Å². The number of aromatic nitrogens is 1. The number of nitrogens with one attached hydrogen (secondary N) is 2. The van der Waals surface area contributed by atoms with Crippen LogP contribution in [0.15, 0.2) is 24.4 Å². The number of rotatable bonds is 1. The van der Waals surface area contributed by atoms with E-state index in [2.05, 4.69) is 10.3 Å². The lowest BCUT2D eigenvalue weighted by atomic mass is 9.86. The molecule has 26 heavy (non-hydrogen) atoms. The highest BCUT2D eigenvalue weighted by Crippen LogP contribution is 2.45. The van der Waals surface area contributed by atoms with Crippen molar-refractivity contribution in [1.29, 1.82) is 0 Å². The summed E-state index contributed by atoms with van der Waals surface area (Å²) >= 11 is 12.3. The number of hydrogen-bond acceptors (Lipinski definition) is 2. The normalized spacial score (nSPS) is 15.8. The average Bonchev–Trinajstić information content (AvgIpc) is 2.93. The molecule has 2 heterocycles. The highest BCUT2D eigenvalue weighted by Gasteiger charge is 2.37. The van der Waals surface area contributed by atoms with Crippen molar-refractivity contribution in [3.8, 4) is 11.1 Å². The maximum absolute atomic E-state index is 15.3. The summed E-state index contributed by atoms with van der Waals surface area (Å²) in [4.78, 5) is 15.5. The summed E-state index contributed by atoms with van der Waals surface area (Å²) in [5.41, 5.74) is -0.452. The number of para-hydroxylation sites is 1. The quantitative estimate of drug-likeness (QED) is 0.482. The van der Waals surface area contributed by atoms with Crippen molar-refractivity contribution in [2.24, 2.45) is 0 Å². The fraction of sp³-hybridized carbons (Fsp3) is 0.211. The zero-order valence-electron chi connectivity index (χ0n) is 13.9. The number of aromatic amines is 1. The lowest BCUT2D eigenvalue weighted by molar-refractivity contribution is 0.0954. The van der Waals surface area contributed by atoms with Gasteiger partial charge in [0.15, 0.2) is 11.6 Å². The van der Waals surface area contributed by atoms with Crippen LogP contribution in [0.25, 0.3) is 22.0 Å². The standard InChI is InChI=1S/C19H14Cl2F2N2O/c1-19(2)6-11(26)13-15(22)12(16(23)14(21)18(13)25-19)9-5-3-4-8-10(20)7-24-17(8)9/h3-5,7,24-25H,6H2,1-2H3. The molecule has 7 heteroatoms. The Morgan fingerprint density at radius 1 is 1.12 bits per heavy atom. The Morgan fingerprint density at radius 2 is 1.85 bits per heavy atom. The van der Waals surface area contributed by atoms with E-state index < -0.39 is 23.0 Å². The van der Waals surface area contributed by atoms with Gasteiger partial charge in [-0.2, -0.15) is 0 Å². The minimum Gasteiger partial charge on any atom is -0.378 e. The van der Waals surface area contributed by atoms with E-state index in [0.29, 0.717) is 15.9 Å². The fourth-order valence-electron chi connectivity index (χ4n) is 3.48. The van der Waals surface area contributed by atoms with Gasteiger partial charge in [0, 0.05) is 29.1 Å². The molecule has 1 aliphatic rings. The minimum absolute atomic E-state index is 0.00311. The molecule has 0 bridgehead atoms. The molecule has 134 valence electrons. The number of carbonyl (C=O) groups is 1. The van der Waals surface area contributed by atoms with E-state index in [1.807, 2.05) is 0 Å². The van der Waals surface area contributed by atoms with Crippen LogP contribution >= 0.6 is 23.2 Å². The second-order valence-corrected chi connectivity index (χ2v) is 7.83. The predicted octanol–water partition coefficient (Wildman–Crippen LogP) is 6.20. The number of carbonyl (C=O) groups excluding carboxylic acids is 1. The van der Waals surface area contributed by atoms with Crippen molar-refractivity contribution in [2.45, 2.75) is 25.8 Å². The molecule has 0 unspecified atom stereocenters. The molecule has 2 N–H and O–H groups in total. The zero-order chi connectivity index (χ0) is 18.8. The van der Waals surface area contributed by atoms with E-state index in [4.69, 9.17) is 23.2 Å². The number of benzene rings is 2. The summed E-state index contributed by atoms with van der Waals surface area (Å²) in [6.45, 7) is 3.55. The van der Waals surface area contributed by atoms with Gasteiger partial charge in [-0.3, -0.25) is 4.79 Å². The molecule has 0 amide bonds. The molecule has 0 atom stereocenters. The van der Waals surface area contributed by atoms with Crippen molar-refractivity contribution < 1.29 is 13.6 Å². The third-order valence-electron chi connectivity index (χ3n) is 4.60. The maximum atomic E-state index is 15.3. The van der Waals surface area contributed by atoms with Crippen LogP contribution in [0.2, 0.25) is 10.0 Å². The van der Waals surface area contributed by atoms with E-state index in [0.717, 1.165) is 0 Å². The monoisotopic (exact) mass is 394 g/mol. The Labute approximate surface area is 158 Å². The van der Waals surface area contributed by atoms with Crippen molar-refractivity contribution in [2.75, 3.05) is 5.32 Å². The van der Waals surface area contributed by atoms with Gasteiger partial charge in [-0.05, 0) is 13.8 Å². The smallest absolute Gasteiger partial charge is 0.170 e. The third kappa shape index (κ3) is 2.42. The topological polar surface area (TPSA) is 44.9 Å². The highest BCUT2D eigenvalue weighted by molar-refractivity contribution is 6.36. The first-order chi connectivity index (χ1) is 12.2. The Bertz CT molecular complexity index is 1090. The van der Waals surface area contributed by atoms with Crippen molar-refractivity contribution in [3.05, 3.63) is 51.6 Å². The van der Waals surface area contributed by atoms with Crippen LogP contribution in [0.4, 0.5) is 14.5 Å². The molecule has 3 aromatic rings. The number of Topliss-reactive ketones (excluding diaryl/α,β-unsaturated/α-hetero) is 1. The van der Waals surface area contributed by atoms with E-state index >= 15 is 8.78 Å². The van der Waals surface area contributed by atoms with Crippen LogP contribution in [0.5, 0.6) is 0 Å². The second kappa shape index (κ2) is 5.69. The largest absolute Gasteiger partial charge is 0.378 e. The van der Waals surface area contributed by atoms with Crippen molar-refractivity contribution in [3.63, 3.8) is 0 Å². The van der Waals surface area contributed by atoms with Crippen LogP contribution < -0.4 is 5.32 Å². The number of ketones is 1. The molecule has 0 aliphatic carbocycles. The van der Waals surface area contributed by atoms with Crippen LogP contribution in [0.1, 0.15) is 30.6 Å². The summed E-state index contributed by atoms with van der Waals surface area (Å²) < 4.78 is 30.4. The van der Waals surface area contributed by atoms with Gasteiger partial charge in [-0.25, -0.2) is 8.78 Å². The molecule has 1 aliphatic heterocycles. The molecule has 1 aromatic heterocycles. The molecule has 0 spiro atoms. The van der Waals surface area contributed by atoms with E-state index in [9.17, 15) is 4.79 Å². The van der Waals surface area contributed by atoms with Gasteiger partial charge in [0.25, 0.3) is 0 Å².